The van der Waals surface area contributed by atoms with Gasteiger partial charge in [-0.2, -0.15) is 0 Å². The van der Waals surface area contributed by atoms with Crippen LogP contribution in [0.4, 0.5) is 5.69 Å². The third-order valence-electron chi connectivity index (χ3n) is 3.94. The van der Waals surface area contributed by atoms with Gasteiger partial charge in [0, 0.05) is 12.2 Å². The average Bonchev–Trinajstić information content (AvgIpc) is 3.30. The van der Waals surface area contributed by atoms with Gasteiger partial charge in [-0.1, -0.05) is 49.4 Å². The van der Waals surface area contributed by atoms with Crippen LogP contribution in [-0.2, 0) is 13.0 Å². The van der Waals surface area contributed by atoms with E-state index in [9.17, 15) is 0 Å². The maximum Gasteiger partial charge on any atom is 0.0403 e. The highest BCUT2D eigenvalue weighted by molar-refractivity contribution is 5.52. The van der Waals surface area contributed by atoms with Crippen LogP contribution in [0.15, 0.2) is 48.5 Å². The van der Waals surface area contributed by atoms with Crippen molar-refractivity contribution in [3.05, 3.63) is 65.2 Å². The standard InChI is InChI=1S/C18H21N/c1-2-14-7-4-6-10-18(14)19-13-16-8-3-5-9-17(16)15-11-12-15/h3-10,15,19H,2,11-13H2,1H3. The number of nitrogens with one attached hydrogen (secondary N) is 1. The van der Waals surface area contributed by atoms with Crippen LogP contribution in [0.3, 0.4) is 0 Å². The van der Waals surface area contributed by atoms with Gasteiger partial charge in [-0.05, 0) is 47.9 Å². The molecule has 0 heterocycles. The summed E-state index contributed by atoms with van der Waals surface area (Å²) < 4.78 is 0. The van der Waals surface area contributed by atoms with Crippen molar-refractivity contribution in [2.24, 2.45) is 0 Å². The summed E-state index contributed by atoms with van der Waals surface area (Å²) >= 11 is 0. The van der Waals surface area contributed by atoms with Crippen LogP contribution in [0.25, 0.3) is 0 Å². The van der Waals surface area contributed by atoms with E-state index in [0.717, 1.165) is 18.9 Å². The van der Waals surface area contributed by atoms with Gasteiger partial charge < -0.3 is 5.32 Å². The number of rotatable bonds is 5. The Morgan fingerprint density at radius 1 is 0.947 bits per heavy atom. The van der Waals surface area contributed by atoms with Crippen LogP contribution in [0, 0.1) is 0 Å². The van der Waals surface area contributed by atoms with Crippen LogP contribution >= 0.6 is 0 Å². The van der Waals surface area contributed by atoms with Gasteiger partial charge in [0.1, 0.15) is 0 Å². The molecule has 2 aromatic carbocycles. The van der Waals surface area contributed by atoms with Crippen LogP contribution in [0.5, 0.6) is 0 Å². The van der Waals surface area contributed by atoms with Gasteiger partial charge in [-0.15, -0.1) is 0 Å². The van der Waals surface area contributed by atoms with E-state index in [1.165, 1.54) is 29.7 Å². The highest BCUT2D eigenvalue weighted by atomic mass is 14.9. The molecule has 0 amide bonds. The SMILES string of the molecule is CCc1ccccc1NCc1ccccc1C1CC1. The molecule has 0 bridgehead atoms. The molecule has 1 saturated carbocycles. The maximum absolute atomic E-state index is 3.60. The number of anilines is 1. The van der Waals surface area contributed by atoms with Gasteiger partial charge in [0.25, 0.3) is 0 Å². The molecule has 0 saturated heterocycles. The highest BCUT2D eigenvalue weighted by Crippen LogP contribution is 2.41. The van der Waals surface area contributed by atoms with Crippen molar-refractivity contribution in [3.63, 3.8) is 0 Å². The van der Waals surface area contributed by atoms with E-state index >= 15 is 0 Å². The van der Waals surface area contributed by atoms with Crippen molar-refractivity contribution in [2.75, 3.05) is 5.32 Å². The van der Waals surface area contributed by atoms with E-state index in [-0.39, 0.29) is 0 Å². The molecule has 1 nitrogen and oxygen atoms in total. The van der Waals surface area contributed by atoms with Crippen molar-refractivity contribution >= 4 is 5.69 Å². The lowest BCUT2D eigenvalue weighted by molar-refractivity contribution is 1.03. The van der Waals surface area contributed by atoms with E-state index in [2.05, 4.69) is 60.8 Å². The molecular formula is C18H21N. The average molecular weight is 251 g/mol. The van der Waals surface area contributed by atoms with Gasteiger partial charge in [0.05, 0.1) is 0 Å². The summed E-state index contributed by atoms with van der Waals surface area (Å²) in [5.74, 6) is 0.819. The normalized spacial score (nSPS) is 14.4. The number of hydrogen-bond donors (Lipinski definition) is 1. The van der Waals surface area contributed by atoms with Crippen LogP contribution < -0.4 is 5.32 Å². The molecule has 1 aliphatic rings. The van der Waals surface area contributed by atoms with E-state index < -0.39 is 0 Å². The number of para-hydroxylation sites is 1. The molecular weight excluding hydrogens is 230 g/mol. The minimum absolute atomic E-state index is 0.819. The Hall–Kier alpha value is -1.76. The summed E-state index contributed by atoms with van der Waals surface area (Å²) in [5, 5.41) is 3.60. The van der Waals surface area contributed by atoms with Crippen molar-refractivity contribution < 1.29 is 0 Å². The Bertz CT molecular complexity index is 555. The van der Waals surface area contributed by atoms with E-state index in [0.29, 0.717) is 0 Å². The summed E-state index contributed by atoms with van der Waals surface area (Å²) in [6.07, 6.45) is 3.80. The molecule has 0 spiro atoms. The molecule has 3 rings (SSSR count). The van der Waals surface area contributed by atoms with E-state index in [4.69, 9.17) is 0 Å². The molecule has 19 heavy (non-hydrogen) atoms. The molecule has 0 aromatic heterocycles. The molecule has 2 aromatic rings. The minimum atomic E-state index is 0.819. The first-order valence-electron chi connectivity index (χ1n) is 7.28. The van der Waals surface area contributed by atoms with Crippen LogP contribution in [-0.4, -0.2) is 0 Å². The molecule has 0 radical (unpaired) electrons. The molecule has 1 N–H and O–H groups in total. The lowest BCUT2D eigenvalue weighted by atomic mass is 10.0. The second-order valence-electron chi connectivity index (χ2n) is 5.34. The topological polar surface area (TPSA) is 12.0 Å². The zero-order chi connectivity index (χ0) is 13.1. The fraction of sp³-hybridized carbons (Fsp3) is 0.333. The molecule has 1 fully saturated rings. The van der Waals surface area contributed by atoms with Crippen LogP contribution in [0.2, 0.25) is 0 Å². The fourth-order valence-corrected chi connectivity index (χ4v) is 2.68. The zero-order valence-electron chi connectivity index (χ0n) is 11.5. The third kappa shape index (κ3) is 2.81. The summed E-state index contributed by atoms with van der Waals surface area (Å²) in [4.78, 5) is 0. The Morgan fingerprint density at radius 2 is 1.63 bits per heavy atom. The predicted octanol–water partition coefficient (Wildman–Crippen LogP) is 4.74. The van der Waals surface area contributed by atoms with Crippen molar-refractivity contribution in [1.29, 1.82) is 0 Å². The molecule has 0 atom stereocenters. The maximum atomic E-state index is 3.60. The van der Waals surface area contributed by atoms with Crippen molar-refractivity contribution in [2.45, 2.75) is 38.6 Å². The van der Waals surface area contributed by atoms with E-state index in [1.807, 2.05) is 0 Å². The van der Waals surface area contributed by atoms with Crippen LogP contribution in [0.1, 0.15) is 42.4 Å². The molecule has 1 heteroatoms. The first-order valence-corrected chi connectivity index (χ1v) is 7.28. The minimum Gasteiger partial charge on any atom is -0.381 e. The lowest BCUT2D eigenvalue weighted by Crippen LogP contribution is -2.04. The first kappa shape index (κ1) is 12.3. The fourth-order valence-electron chi connectivity index (χ4n) is 2.68. The van der Waals surface area contributed by atoms with Gasteiger partial charge in [0.2, 0.25) is 0 Å². The van der Waals surface area contributed by atoms with Gasteiger partial charge in [0.15, 0.2) is 0 Å². The molecule has 0 unspecified atom stereocenters. The molecule has 98 valence electrons. The molecule has 1 aliphatic carbocycles. The Balaban J connectivity index is 1.75. The monoisotopic (exact) mass is 251 g/mol. The van der Waals surface area contributed by atoms with Gasteiger partial charge >= 0.3 is 0 Å². The number of benzene rings is 2. The smallest absolute Gasteiger partial charge is 0.0403 e. The largest absolute Gasteiger partial charge is 0.381 e. The van der Waals surface area contributed by atoms with Gasteiger partial charge in [-0.3, -0.25) is 0 Å². The Kier molecular flexibility index (Phi) is 3.54. The third-order valence-corrected chi connectivity index (χ3v) is 3.94. The number of aryl methyl sites for hydroxylation is 1. The zero-order valence-corrected chi connectivity index (χ0v) is 11.5. The summed E-state index contributed by atoms with van der Waals surface area (Å²) in [5.41, 5.74) is 5.67. The predicted molar refractivity (Wildman–Crippen MR) is 81.6 cm³/mol. The Morgan fingerprint density at radius 3 is 2.37 bits per heavy atom. The second kappa shape index (κ2) is 5.48. The Labute approximate surface area is 115 Å². The summed E-state index contributed by atoms with van der Waals surface area (Å²) in [6, 6.07) is 17.5. The second-order valence-corrected chi connectivity index (χ2v) is 5.34. The number of hydrogen-bond acceptors (Lipinski definition) is 1. The molecule has 0 aliphatic heterocycles. The summed E-state index contributed by atoms with van der Waals surface area (Å²) in [7, 11) is 0. The van der Waals surface area contributed by atoms with Crippen molar-refractivity contribution in [1.82, 2.24) is 0 Å². The lowest BCUT2D eigenvalue weighted by Gasteiger charge is -2.13. The van der Waals surface area contributed by atoms with Crippen molar-refractivity contribution in [3.8, 4) is 0 Å². The first-order chi connectivity index (χ1) is 9.38. The van der Waals surface area contributed by atoms with Gasteiger partial charge in [-0.25, -0.2) is 0 Å². The van der Waals surface area contributed by atoms with E-state index in [1.54, 1.807) is 5.56 Å². The summed E-state index contributed by atoms with van der Waals surface area (Å²) in [6.45, 7) is 3.14. The highest BCUT2D eigenvalue weighted by Gasteiger charge is 2.25. The quantitative estimate of drug-likeness (QED) is 0.809.